The third-order valence-electron chi connectivity index (χ3n) is 3.75. The molecule has 0 atom stereocenters. The maximum Gasteiger partial charge on any atom is 0.255 e. The molecular weight excluding hydrogens is 346 g/mol. The van der Waals surface area contributed by atoms with Gasteiger partial charge in [0.15, 0.2) is 0 Å². The van der Waals surface area contributed by atoms with Gasteiger partial charge in [0.2, 0.25) is 5.91 Å². The smallest absolute Gasteiger partial charge is 0.255 e. The van der Waals surface area contributed by atoms with Crippen LogP contribution in [0.15, 0.2) is 66.3 Å². The third kappa shape index (κ3) is 5.26. The Morgan fingerprint density at radius 3 is 2.46 bits per heavy atom. The van der Waals surface area contributed by atoms with Gasteiger partial charge in [0, 0.05) is 40.6 Å². The predicted octanol–water partition coefficient (Wildman–Crippen LogP) is 4.36. The van der Waals surface area contributed by atoms with E-state index in [0.717, 1.165) is 12.8 Å². The highest BCUT2D eigenvalue weighted by Gasteiger charge is 2.07. The summed E-state index contributed by atoms with van der Waals surface area (Å²) in [6.07, 6.45) is 5.33. The van der Waals surface area contributed by atoms with Crippen LogP contribution in [0.25, 0.3) is 0 Å². The van der Waals surface area contributed by atoms with Gasteiger partial charge in [0.1, 0.15) is 0 Å². The van der Waals surface area contributed by atoms with Crippen molar-refractivity contribution in [1.29, 1.82) is 0 Å². The van der Waals surface area contributed by atoms with Crippen LogP contribution in [-0.4, -0.2) is 16.8 Å². The maximum absolute atomic E-state index is 12.2. The minimum absolute atomic E-state index is 0.0285. The summed E-state index contributed by atoms with van der Waals surface area (Å²) in [4.78, 5) is 29.5. The number of rotatable bonds is 7. The van der Waals surface area contributed by atoms with Crippen LogP contribution in [-0.2, 0) is 11.2 Å². The fourth-order valence-electron chi connectivity index (χ4n) is 2.48. The molecule has 5 nitrogen and oxygen atoms in total. The van der Waals surface area contributed by atoms with E-state index < -0.39 is 0 Å². The first-order chi connectivity index (χ1) is 12.7. The van der Waals surface area contributed by atoms with E-state index in [1.165, 1.54) is 4.88 Å². The van der Waals surface area contributed by atoms with Crippen LogP contribution in [0.4, 0.5) is 11.4 Å². The summed E-state index contributed by atoms with van der Waals surface area (Å²) in [5.41, 5.74) is 1.82. The molecule has 3 aromatic rings. The quantitative estimate of drug-likeness (QED) is 0.654. The topological polar surface area (TPSA) is 71.1 Å². The van der Waals surface area contributed by atoms with E-state index in [0.29, 0.717) is 23.4 Å². The molecule has 0 spiro atoms. The van der Waals surface area contributed by atoms with E-state index in [4.69, 9.17) is 0 Å². The second kappa shape index (κ2) is 8.92. The molecule has 132 valence electrons. The normalized spacial score (nSPS) is 10.3. The molecule has 3 rings (SSSR count). The Morgan fingerprint density at radius 2 is 1.73 bits per heavy atom. The van der Waals surface area contributed by atoms with Crippen molar-refractivity contribution >= 4 is 34.5 Å². The Balaban J connectivity index is 1.52. The van der Waals surface area contributed by atoms with Crippen molar-refractivity contribution in [3.05, 3.63) is 76.7 Å². The lowest BCUT2D eigenvalue weighted by atomic mass is 10.2. The number of nitrogens with one attached hydrogen (secondary N) is 2. The first-order valence-corrected chi connectivity index (χ1v) is 9.22. The summed E-state index contributed by atoms with van der Waals surface area (Å²) in [5.74, 6) is -0.244. The number of hydrogen-bond acceptors (Lipinski definition) is 4. The Morgan fingerprint density at radius 1 is 0.962 bits per heavy atom. The average molecular weight is 365 g/mol. The number of pyridine rings is 1. The fraction of sp³-hybridized carbons (Fsp3) is 0.150. The summed E-state index contributed by atoms with van der Waals surface area (Å²) in [6.45, 7) is 0. The number of hydrogen-bond donors (Lipinski definition) is 2. The van der Waals surface area contributed by atoms with Gasteiger partial charge < -0.3 is 10.6 Å². The van der Waals surface area contributed by atoms with Gasteiger partial charge in [-0.1, -0.05) is 12.1 Å². The van der Waals surface area contributed by atoms with Crippen molar-refractivity contribution < 1.29 is 9.59 Å². The van der Waals surface area contributed by atoms with E-state index in [-0.39, 0.29) is 11.8 Å². The van der Waals surface area contributed by atoms with E-state index in [1.807, 2.05) is 11.4 Å². The fourth-order valence-corrected chi connectivity index (χ4v) is 3.23. The molecular formula is C20H19N3O2S. The molecule has 0 aliphatic carbocycles. The van der Waals surface area contributed by atoms with Crippen molar-refractivity contribution in [2.75, 3.05) is 10.6 Å². The number of amides is 2. The summed E-state index contributed by atoms with van der Waals surface area (Å²) in [5, 5.41) is 7.74. The maximum atomic E-state index is 12.2. The van der Waals surface area contributed by atoms with Gasteiger partial charge >= 0.3 is 0 Å². The molecule has 26 heavy (non-hydrogen) atoms. The van der Waals surface area contributed by atoms with E-state index >= 15 is 0 Å². The number of aromatic nitrogens is 1. The number of thiophene rings is 1. The van der Waals surface area contributed by atoms with Crippen molar-refractivity contribution in [2.45, 2.75) is 19.3 Å². The lowest BCUT2D eigenvalue weighted by Crippen LogP contribution is -2.13. The van der Waals surface area contributed by atoms with E-state index in [2.05, 4.69) is 21.7 Å². The summed E-state index contributed by atoms with van der Waals surface area (Å²) >= 11 is 1.71. The summed E-state index contributed by atoms with van der Waals surface area (Å²) in [6, 6.07) is 14.5. The van der Waals surface area contributed by atoms with Crippen LogP contribution in [0.2, 0.25) is 0 Å². The van der Waals surface area contributed by atoms with E-state index in [9.17, 15) is 9.59 Å². The van der Waals surface area contributed by atoms with Crippen molar-refractivity contribution in [3.63, 3.8) is 0 Å². The Kier molecular flexibility index (Phi) is 6.11. The molecule has 2 N–H and O–H groups in total. The first-order valence-electron chi connectivity index (χ1n) is 8.34. The van der Waals surface area contributed by atoms with Crippen LogP contribution in [0, 0.1) is 0 Å². The molecule has 0 saturated heterocycles. The Labute approximate surface area is 156 Å². The lowest BCUT2D eigenvalue weighted by Gasteiger charge is -2.09. The molecule has 0 unspecified atom stereocenters. The zero-order valence-corrected chi connectivity index (χ0v) is 15.0. The number of carbonyl (C=O) groups excluding carboxylic acids is 2. The highest BCUT2D eigenvalue weighted by molar-refractivity contribution is 7.09. The number of nitrogens with zero attached hydrogens (tertiary/aromatic N) is 1. The Hall–Kier alpha value is -2.99. The Bertz CT molecular complexity index is 864. The van der Waals surface area contributed by atoms with Gasteiger partial charge in [-0.05, 0) is 54.6 Å². The number of aryl methyl sites for hydroxylation is 1. The molecule has 0 radical (unpaired) electrons. The SMILES string of the molecule is O=C(CCCc1cccs1)Nc1cccc(NC(=O)c2ccncc2)c1. The van der Waals surface area contributed by atoms with Crippen LogP contribution in [0.1, 0.15) is 28.1 Å². The van der Waals surface area contributed by atoms with Gasteiger partial charge in [-0.3, -0.25) is 14.6 Å². The number of benzene rings is 1. The minimum atomic E-state index is -0.216. The molecule has 2 aromatic heterocycles. The van der Waals surface area contributed by atoms with Gasteiger partial charge in [-0.2, -0.15) is 0 Å². The van der Waals surface area contributed by atoms with Crippen molar-refractivity contribution in [2.24, 2.45) is 0 Å². The van der Waals surface area contributed by atoms with Gasteiger partial charge in [-0.25, -0.2) is 0 Å². The number of carbonyl (C=O) groups is 2. The zero-order valence-electron chi connectivity index (χ0n) is 14.1. The standard InChI is InChI=1S/C20H19N3O2S/c24-19(8-2-6-18-7-3-13-26-18)22-16-4-1-5-17(14-16)23-20(25)15-9-11-21-12-10-15/h1,3-5,7,9-14H,2,6,8H2,(H,22,24)(H,23,25). The van der Waals surface area contributed by atoms with Gasteiger partial charge in [-0.15, -0.1) is 11.3 Å². The molecule has 0 aliphatic rings. The van der Waals surface area contributed by atoms with Crippen LogP contribution < -0.4 is 10.6 Å². The zero-order chi connectivity index (χ0) is 18.2. The summed E-state index contributed by atoms with van der Waals surface area (Å²) in [7, 11) is 0. The van der Waals surface area contributed by atoms with Crippen LogP contribution >= 0.6 is 11.3 Å². The van der Waals surface area contributed by atoms with E-state index in [1.54, 1.807) is 60.1 Å². The third-order valence-corrected chi connectivity index (χ3v) is 4.69. The largest absolute Gasteiger partial charge is 0.326 e. The molecule has 0 saturated carbocycles. The molecule has 0 bridgehead atoms. The minimum Gasteiger partial charge on any atom is -0.326 e. The summed E-state index contributed by atoms with van der Waals surface area (Å²) < 4.78 is 0. The molecule has 6 heteroatoms. The van der Waals surface area contributed by atoms with Gasteiger partial charge in [0.05, 0.1) is 0 Å². The average Bonchev–Trinajstić information content (AvgIpc) is 3.16. The first kappa shape index (κ1) is 17.8. The van der Waals surface area contributed by atoms with Crippen LogP contribution in [0.5, 0.6) is 0 Å². The monoisotopic (exact) mass is 365 g/mol. The molecule has 0 fully saturated rings. The molecule has 0 aliphatic heterocycles. The predicted molar refractivity (Wildman–Crippen MR) is 105 cm³/mol. The number of anilines is 2. The second-order valence-corrected chi connectivity index (χ2v) is 6.78. The second-order valence-electron chi connectivity index (χ2n) is 5.75. The molecule has 2 amide bonds. The van der Waals surface area contributed by atoms with Crippen molar-refractivity contribution in [3.8, 4) is 0 Å². The molecule has 1 aromatic carbocycles. The highest BCUT2D eigenvalue weighted by atomic mass is 32.1. The molecule has 2 heterocycles. The highest BCUT2D eigenvalue weighted by Crippen LogP contribution is 2.17. The van der Waals surface area contributed by atoms with Crippen molar-refractivity contribution in [1.82, 2.24) is 4.98 Å². The van der Waals surface area contributed by atoms with Crippen LogP contribution in [0.3, 0.4) is 0 Å². The van der Waals surface area contributed by atoms with Gasteiger partial charge in [0.25, 0.3) is 5.91 Å². The lowest BCUT2D eigenvalue weighted by molar-refractivity contribution is -0.116.